The van der Waals surface area contributed by atoms with E-state index in [4.69, 9.17) is 0 Å². The van der Waals surface area contributed by atoms with Crippen molar-refractivity contribution in [3.63, 3.8) is 0 Å². The van der Waals surface area contributed by atoms with Gasteiger partial charge < -0.3 is 10.1 Å². The molecule has 1 saturated heterocycles. The van der Waals surface area contributed by atoms with E-state index in [0.29, 0.717) is 13.1 Å². The zero-order valence-corrected chi connectivity index (χ0v) is 13.1. The van der Waals surface area contributed by atoms with Crippen molar-refractivity contribution in [1.29, 1.82) is 0 Å². The Hall–Kier alpha value is -1.03. The fraction of sp³-hybridized carbons (Fsp3) is 0.636. The lowest BCUT2D eigenvalue weighted by Crippen LogP contribution is -2.56. The molecule has 20 heavy (non-hydrogen) atoms. The van der Waals surface area contributed by atoms with Crippen molar-refractivity contribution >= 4 is 27.3 Å². The van der Waals surface area contributed by atoms with Crippen LogP contribution in [0.25, 0.3) is 0 Å². The molecule has 1 aromatic rings. The van der Waals surface area contributed by atoms with Crippen molar-refractivity contribution in [3.8, 4) is 0 Å². The molecule has 0 bridgehead atoms. The first-order chi connectivity index (χ1) is 9.37. The lowest BCUT2D eigenvalue weighted by atomic mass is 10.2. The Morgan fingerprint density at radius 3 is 2.90 bits per heavy atom. The van der Waals surface area contributed by atoms with Crippen LogP contribution in [0.2, 0.25) is 0 Å². The fourth-order valence-corrected chi connectivity index (χ4v) is 5.05. The quantitative estimate of drug-likeness (QED) is 0.806. The Kier molecular flexibility index (Phi) is 4.43. The van der Waals surface area contributed by atoms with Crippen molar-refractivity contribution in [2.45, 2.75) is 30.1 Å². The van der Waals surface area contributed by atoms with Crippen LogP contribution in [-0.2, 0) is 14.8 Å². The van der Waals surface area contributed by atoms with Gasteiger partial charge in [-0.05, 0) is 13.8 Å². The summed E-state index contributed by atoms with van der Waals surface area (Å²) in [4.78, 5) is 15.4. The summed E-state index contributed by atoms with van der Waals surface area (Å²) in [5.74, 6) is -0.735. The van der Waals surface area contributed by atoms with Gasteiger partial charge in [-0.2, -0.15) is 4.31 Å². The lowest BCUT2D eigenvalue weighted by Gasteiger charge is -2.36. The Morgan fingerprint density at radius 2 is 2.25 bits per heavy atom. The molecule has 9 heteroatoms. The highest BCUT2D eigenvalue weighted by atomic mass is 32.2. The van der Waals surface area contributed by atoms with Crippen LogP contribution >= 0.6 is 11.3 Å². The van der Waals surface area contributed by atoms with Crippen molar-refractivity contribution in [3.05, 3.63) is 11.2 Å². The number of ether oxygens (including phenoxy) is 1. The van der Waals surface area contributed by atoms with E-state index in [-0.39, 0.29) is 22.0 Å². The van der Waals surface area contributed by atoms with Gasteiger partial charge in [-0.1, -0.05) is 0 Å². The monoisotopic (exact) mass is 319 g/mol. The molecule has 2 rings (SSSR count). The van der Waals surface area contributed by atoms with E-state index in [9.17, 15) is 13.2 Å². The Bertz CT molecular complexity index is 599. The van der Waals surface area contributed by atoms with Gasteiger partial charge in [0.2, 0.25) is 0 Å². The minimum absolute atomic E-state index is 0.0506. The molecular weight excluding hydrogens is 302 g/mol. The van der Waals surface area contributed by atoms with Crippen LogP contribution in [0.4, 0.5) is 0 Å². The average molecular weight is 319 g/mol. The topological polar surface area (TPSA) is 88.6 Å². The third-order valence-electron chi connectivity index (χ3n) is 3.16. The molecular formula is C11H17N3O4S2. The Morgan fingerprint density at radius 1 is 1.55 bits per heavy atom. The molecule has 0 saturated carbocycles. The number of carbonyl (C=O) groups excluding carboxylic acids is 1. The molecule has 1 aliphatic rings. The molecule has 0 aliphatic carbocycles. The van der Waals surface area contributed by atoms with Gasteiger partial charge in [0.15, 0.2) is 9.90 Å². The summed E-state index contributed by atoms with van der Waals surface area (Å²) >= 11 is 0.935. The summed E-state index contributed by atoms with van der Waals surface area (Å²) in [5, 5.41) is 3.22. The number of thiazole rings is 1. The molecule has 2 heterocycles. The van der Waals surface area contributed by atoms with Crippen LogP contribution in [0.5, 0.6) is 0 Å². The number of esters is 1. The first-order valence-electron chi connectivity index (χ1n) is 6.15. The first-order valence-corrected chi connectivity index (χ1v) is 8.47. The largest absolute Gasteiger partial charge is 0.464 e. The van der Waals surface area contributed by atoms with Crippen LogP contribution in [0.3, 0.4) is 0 Å². The minimum atomic E-state index is -3.74. The van der Waals surface area contributed by atoms with Crippen LogP contribution in [-0.4, -0.2) is 56.0 Å². The van der Waals surface area contributed by atoms with Gasteiger partial charge >= 0.3 is 5.97 Å². The molecule has 1 aromatic heterocycles. The van der Waals surface area contributed by atoms with Gasteiger partial charge in [0, 0.05) is 25.2 Å². The van der Waals surface area contributed by atoms with Crippen molar-refractivity contribution in [1.82, 2.24) is 14.6 Å². The SMILES string of the molecule is COC(=O)c1ncsc1S(=O)(=O)N1CC(C)NCC1C. The summed E-state index contributed by atoms with van der Waals surface area (Å²) in [5.41, 5.74) is 1.20. The van der Waals surface area contributed by atoms with Crippen LogP contribution in [0.1, 0.15) is 24.3 Å². The number of hydrogen-bond donors (Lipinski definition) is 1. The number of piperazine rings is 1. The molecule has 7 nitrogen and oxygen atoms in total. The second-order valence-corrected chi connectivity index (χ2v) is 7.65. The van der Waals surface area contributed by atoms with Gasteiger partial charge in [0.05, 0.1) is 12.6 Å². The third-order valence-corrected chi connectivity index (χ3v) is 6.49. The lowest BCUT2D eigenvalue weighted by molar-refractivity contribution is 0.0590. The summed E-state index contributed by atoms with van der Waals surface area (Å²) < 4.78 is 31.3. The molecule has 2 unspecified atom stereocenters. The maximum atomic E-state index is 12.7. The summed E-state index contributed by atoms with van der Waals surface area (Å²) in [7, 11) is -2.54. The van der Waals surface area contributed by atoms with E-state index in [1.165, 1.54) is 16.9 Å². The van der Waals surface area contributed by atoms with Gasteiger partial charge in [-0.15, -0.1) is 11.3 Å². The van der Waals surface area contributed by atoms with Crippen LogP contribution in [0.15, 0.2) is 9.72 Å². The highest BCUT2D eigenvalue weighted by Gasteiger charge is 2.37. The molecule has 1 aliphatic heterocycles. The maximum absolute atomic E-state index is 12.7. The normalized spacial score (nSPS) is 24.6. The van der Waals surface area contributed by atoms with Gasteiger partial charge in [-0.25, -0.2) is 18.2 Å². The standard InChI is InChI=1S/C11H17N3O4S2/c1-7-5-14(8(2)4-12-7)20(16,17)11-9(10(15)18-3)13-6-19-11/h6-8,12H,4-5H2,1-3H3. The van der Waals surface area contributed by atoms with Crippen molar-refractivity contribution < 1.29 is 17.9 Å². The fourth-order valence-electron chi connectivity index (χ4n) is 2.08. The van der Waals surface area contributed by atoms with Gasteiger partial charge in [0.25, 0.3) is 10.0 Å². The van der Waals surface area contributed by atoms with Crippen molar-refractivity contribution in [2.24, 2.45) is 0 Å². The molecule has 112 valence electrons. The molecule has 2 atom stereocenters. The third kappa shape index (κ3) is 2.71. The van der Waals surface area contributed by atoms with E-state index in [0.717, 1.165) is 11.3 Å². The zero-order valence-electron chi connectivity index (χ0n) is 11.5. The Balaban J connectivity index is 2.40. The summed E-state index contributed by atoms with van der Waals surface area (Å²) in [6.07, 6.45) is 0. The molecule has 0 aromatic carbocycles. The summed E-state index contributed by atoms with van der Waals surface area (Å²) in [6.45, 7) is 4.69. The van der Waals surface area contributed by atoms with Gasteiger partial charge in [0.1, 0.15) is 0 Å². The number of carbonyl (C=O) groups is 1. The number of nitrogens with zero attached hydrogens (tertiary/aromatic N) is 2. The molecule has 0 spiro atoms. The van der Waals surface area contributed by atoms with E-state index >= 15 is 0 Å². The number of sulfonamides is 1. The minimum Gasteiger partial charge on any atom is -0.464 e. The molecule has 1 N–H and O–H groups in total. The Labute approximate surface area is 122 Å². The number of hydrogen-bond acceptors (Lipinski definition) is 7. The number of methoxy groups -OCH3 is 1. The van der Waals surface area contributed by atoms with Gasteiger partial charge in [-0.3, -0.25) is 0 Å². The van der Waals surface area contributed by atoms with E-state index in [1.807, 2.05) is 13.8 Å². The highest BCUT2D eigenvalue weighted by Crippen LogP contribution is 2.27. The maximum Gasteiger partial charge on any atom is 0.358 e. The van der Waals surface area contributed by atoms with E-state index < -0.39 is 16.0 Å². The average Bonchev–Trinajstić information content (AvgIpc) is 2.90. The molecule has 0 radical (unpaired) electrons. The summed E-state index contributed by atoms with van der Waals surface area (Å²) in [6, 6.07) is -0.112. The highest BCUT2D eigenvalue weighted by molar-refractivity contribution is 7.91. The number of nitrogens with one attached hydrogen (secondary N) is 1. The molecule has 0 amide bonds. The van der Waals surface area contributed by atoms with Crippen LogP contribution in [0, 0.1) is 0 Å². The number of rotatable bonds is 3. The second kappa shape index (κ2) is 5.76. The van der Waals surface area contributed by atoms with Crippen LogP contribution < -0.4 is 5.32 Å². The predicted octanol–water partition coefficient (Wildman–Crippen LogP) is 0.301. The smallest absolute Gasteiger partial charge is 0.358 e. The van der Waals surface area contributed by atoms with Crippen molar-refractivity contribution in [2.75, 3.05) is 20.2 Å². The van der Waals surface area contributed by atoms with E-state index in [1.54, 1.807) is 0 Å². The zero-order chi connectivity index (χ0) is 14.9. The van der Waals surface area contributed by atoms with E-state index in [2.05, 4.69) is 15.0 Å². The first kappa shape index (κ1) is 15.4. The molecule has 1 fully saturated rings. The predicted molar refractivity (Wildman–Crippen MR) is 74.3 cm³/mol. The second-order valence-electron chi connectivity index (χ2n) is 4.71. The number of aromatic nitrogens is 1.